The van der Waals surface area contributed by atoms with Crippen molar-refractivity contribution in [3.63, 3.8) is 0 Å². The number of carbonyl (C=O) groups excluding carboxylic acids is 1. The van der Waals surface area contributed by atoms with E-state index in [0.717, 1.165) is 11.1 Å². The van der Waals surface area contributed by atoms with Crippen LogP contribution in [0.3, 0.4) is 0 Å². The molecule has 2 N–H and O–H groups in total. The van der Waals surface area contributed by atoms with Gasteiger partial charge in [-0.25, -0.2) is 0 Å². The Labute approximate surface area is 119 Å². The molecule has 0 radical (unpaired) electrons. The summed E-state index contributed by atoms with van der Waals surface area (Å²) >= 11 is 0. The molecule has 0 heterocycles. The molecule has 2 rings (SSSR count). The highest BCUT2D eigenvalue weighted by Gasteiger charge is 2.19. The average molecular weight is 269 g/mol. The van der Waals surface area contributed by atoms with E-state index in [9.17, 15) is 4.79 Å². The van der Waals surface area contributed by atoms with Gasteiger partial charge in [0.25, 0.3) is 0 Å². The molecule has 0 bridgehead atoms. The fourth-order valence-corrected chi connectivity index (χ4v) is 2.01. The molecule has 0 aromatic heterocycles. The normalized spacial score (nSPS) is 13.5. The van der Waals surface area contributed by atoms with Gasteiger partial charge in [-0.05, 0) is 24.5 Å². The lowest BCUT2D eigenvalue weighted by Gasteiger charge is -2.17. The van der Waals surface area contributed by atoms with Crippen molar-refractivity contribution in [3.05, 3.63) is 71.8 Å². The van der Waals surface area contributed by atoms with Crippen LogP contribution in [0.2, 0.25) is 0 Å². The van der Waals surface area contributed by atoms with Gasteiger partial charge >= 0.3 is 5.97 Å². The molecule has 2 aromatic rings. The summed E-state index contributed by atoms with van der Waals surface area (Å²) < 4.78 is 5.41. The van der Waals surface area contributed by atoms with E-state index in [0.29, 0.717) is 6.42 Å². The summed E-state index contributed by atoms with van der Waals surface area (Å²) in [6.07, 6.45) is 0.201. The number of benzene rings is 2. The molecule has 1 unspecified atom stereocenters. The van der Waals surface area contributed by atoms with Gasteiger partial charge in [0.2, 0.25) is 0 Å². The van der Waals surface area contributed by atoms with Crippen LogP contribution in [-0.2, 0) is 16.0 Å². The fourth-order valence-electron chi connectivity index (χ4n) is 2.01. The zero-order valence-corrected chi connectivity index (χ0v) is 11.5. The molecule has 0 saturated heterocycles. The van der Waals surface area contributed by atoms with Crippen molar-refractivity contribution in [2.45, 2.75) is 25.5 Å². The van der Waals surface area contributed by atoms with E-state index in [1.807, 2.05) is 67.6 Å². The van der Waals surface area contributed by atoms with Gasteiger partial charge in [0.05, 0.1) is 0 Å². The summed E-state index contributed by atoms with van der Waals surface area (Å²) in [5, 5.41) is 0. The summed E-state index contributed by atoms with van der Waals surface area (Å²) in [5.74, 6) is -0.370. The van der Waals surface area contributed by atoms with E-state index < -0.39 is 6.04 Å². The molecule has 104 valence electrons. The third kappa shape index (κ3) is 3.93. The van der Waals surface area contributed by atoms with Crippen LogP contribution in [0, 0.1) is 0 Å². The molecule has 3 nitrogen and oxygen atoms in total. The first-order chi connectivity index (χ1) is 9.66. The number of carbonyl (C=O) groups is 1. The Morgan fingerprint density at radius 1 is 1.05 bits per heavy atom. The van der Waals surface area contributed by atoms with E-state index >= 15 is 0 Å². The Hall–Kier alpha value is -2.13. The topological polar surface area (TPSA) is 52.3 Å². The largest absolute Gasteiger partial charge is 0.457 e. The smallest absolute Gasteiger partial charge is 0.323 e. The number of rotatable bonds is 5. The summed E-state index contributed by atoms with van der Waals surface area (Å²) in [4.78, 5) is 12.0. The van der Waals surface area contributed by atoms with Crippen molar-refractivity contribution in [2.24, 2.45) is 5.73 Å². The Morgan fingerprint density at radius 3 is 2.20 bits per heavy atom. The number of hydrogen-bond donors (Lipinski definition) is 1. The summed E-state index contributed by atoms with van der Waals surface area (Å²) in [5.41, 5.74) is 7.90. The third-order valence-corrected chi connectivity index (χ3v) is 3.16. The highest BCUT2D eigenvalue weighted by molar-refractivity contribution is 5.76. The van der Waals surface area contributed by atoms with Crippen LogP contribution in [0.25, 0.3) is 0 Å². The van der Waals surface area contributed by atoms with Crippen LogP contribution in [0.4, 0.5) is 0 Å². The van der Waals surface area contributed by atoms with Gasteiger partial charge in [-0.3, -0.25) is 4.79 Å². The summed E-state index contributed by atoms with van der Waals surface area (Å²) in [6, 6.07) is 18.7. The van der Waals surface area contributed by atoms with Crippen LogP contribution >= 0.6 is 0 Å². The Kier molecular flexibility index (Phi) is 4.91. The average Bonchev–Trinajstić information content (AvgIpc) is 2.49. The predicted molar refractivity (Wildman–Crippen MR) is 79.1 cm³/mol. The van der Waals surface area contributed by atoms with E-state index in [2.05, 4.69) is 0 Å². The second kappa shape index (κ2) is 6.87. The standard InChI is InChI=1S/C17H19NO2/c1-13(15-10-6-3-7-11-15)20-17(19)16(18)12-14-8-4-2-5-9-14/h2-11,13,16H,12,18H2,1H3/t13?,16-/m0/s1. The number of hydrogen-bond acceptors (Lipinski definition) is 3. The number of ether oxygens (including phenoxy) is 1. The maximum absolute atomic E-state index is 12.0. The van der Waals surface area contributed by atoms with E-state index in [1.165, 1.54) is 0 Å². The monoisotopic (exact) mass is 269 g/mol. The molecular weight excluding hydrogens is 250 g/mol. The van der Waals surface area contributed by atoms with E-state index in [-0.39, 0.29) is 12.1 Å². The van der Waals surface area contributed by atoms with Gasteiger partial charge < -0.3 is 10.5 Å². The lowest BCUT2D eigenvalue weighted by Crippen LogP contribution is -2.34. The zero-order chi connectivity index (χ0) is 14.4. The van der Waals surface area contributed by atoms with Crippen molar-refractivity contribution in [3.8, 4) is 0 Å². The van der Waals surface area contributed by atoms with Crippen LogP contribution in [-0.4, -0.2) is 12.0 Å². The Balaban J connectivity index is 1.91. The second-order valence-corrected chi connectivity index (χ2v) is 4.79. The quantitative estimate of drug-likeness (QED) is 0.849. The van der Waals surface area contributed by atoms with Crippen LogP contribution in [0.5, 0.6) is 0 Å². The van der Waals surface area contributed by atoms with Gasteiger partial charge in [-0.15, -0.1) is 0 Å². The lowest BCUT2D eigenvalue weighted by atomic mass is 10.1. The van der Waals surface area contributed by atoms with E-state index in [1.54, 1.807) is 0 Å². The Morgan fingerprint density at radius 2 is 1.60 bits per heavy atom. The van der Waals surface area contributed by atoms with Crippen molar-refractivity contribution in [1.29, 1.82) is 0 Å². The molecule has 2 atom stereocenters. The molecule has 0 aliphatic heterocycles. The van der Waals surface area contributed by atoms with Gasteiger partial charge in [-0.2, -0.15) is 0 Å². The van der Waals surface area contributed by atoms with Crippen LogP contribution in [0.15, 0.2) is 60.7 Å². The minimum Gasteiger partial charge on any atom is -0.457 e. The van der Waals surface area contributed by atoms with Crippen molar-refractivity contribution in [1.82, 2.24) is 0 Å². The maximum Gasteiger partial charge on any atom is 0.323 e. The predicted octanol–water partition coefficient (Wildman–Crippen LogP) is 2.86. The van der Waals surface area contributed by atoms with Crippen LogP contribution < -0.4 is 5.73 Å². The molecule has 0 amide bonds. The minimum absolute atomic E-state index is 0.287. The molecule has 0 fully saturated rings. The fraction of sp³-hybridized carbons (Fsp3) is 0.235. The Bertz CT molecular complexity index is 539. The molecule has 0 spiro atoms. The third-order valence-electron chi connectivity index (χ3n) is 3.16. The molecule has 20 heavy (non-hydrogen) atoms. The van der Waals surface area contributed by atoms with Gasteiger partial charge in [0.1, 0.15) is 12.1 Å². The highest BCUT2D eigenvalue weighted by Crippen LogP contribution is 2.17. The zero-order valence-electron chi connectivity index (χ0n) is 11.5. The highest BCUT2D eigenvalue weighted by atomic mass is 16.5. The van der Waals surface area contributed by atoms with E-state index in [4.69, 9.17) is 10.5 Å². The SMILES string of the molecule is CC(OC(=O)[C@@H](N)Cc1ccccc1)c1ccccc1. The van der Waals surface area contributed by atoms with Gasteiger partial charge in [0, 0.05) is 0 Å². The second-order valence-electron chi connectivity index (χ2n) is 4.79. The van der Waals surface area contributed by atoms with Crippen LogP contribution in [0.1, 0.15) is 24.2 Å². The van der Waals surface area contributed by atoms with Crippen molar-refractivity contribution < 1.29 is 9.53 Å². The molecule has 0 aliphatic rings. The molecule has 0 saturated carbocycles. The first-order valence-corrected chi connectivity index (χ1v) is 6.72. The maximum atomic E-state index is 12.0. The van der Waals surface area contributed by atoms with Crippen molar-refractivity contribution >= 4 is 5.97 Å². The summed E-state index contributed by atoms with van der Waals surface area (Å²) in [7, 11) is 0. The number of nitrogens with two attached hydrogens (primary N) is 1. The van der Waals surface area contributed by atoms with Crippen molar-refractivity contribution in [2.75, 3.05) is 0 Å². The number of esters is 1. The minimum atomic E-state index is -0.636. The first kappa shape index (κ1) is 14.3. The summed E-state index contributed by atoms with van der Waals surface area (Å²) in [6.45, 7) is 1.85. The molecule has 3 heteroatoms. The van der Waals surface area contributed by atoms with Gasteiger partial charge in [0.15, 0.2) is 0 Å². The lowest BCUT2D eigenvalue weighted by molar-refractivity contribution is -0.150. The molecule has 2 aromatic carbocycles. The molecule has 0 aliphatic carbocycles. The first-order valence-electron chi connectivity index (χ1n) is 6.72. The van der Waals surface area contributed by atoms with Gasteiger partial charge in [-0.1, -0.05) is 60.7 Å². The molecular formula is C17H19NO2.